The molecule has 0 N–H and O–H groups in total. The van der Waals surface area contributed by atoms with Crippen LogP contribution in [0.25, 0.3) is 11.0 Å². The number of rotatable bonds is 4. The first-order valence-electron chi connectivity index (χ1n) is 8.48. The number of hydrogen-bond acceptors (Lipinski definition) is 4. The highest BCUT2D eigenvalue weighted by Crippen LogP contribution is 2.30. The van der Waals surface area contributed by atoms with E-state index < -0.39 is 6.10 Å². The molecule has 1 heterocycles. The van der Waals surface area contributed by atoms with Crippen LogP contribution in [0.2, 0.25) is 0 Å². The van der Waals surface area contributed by atoms with Gasteiger partial charge in [0.15, 0.2) is 6.10 Å². The van der Waals surface area contributed by atoms with Gasteiger partial charge in [0.05, 0.1) is 0 Å². The molecule has 1 unspecified atom stereocenters. The molecule has 3 aromatic rings. The van der Waals surface area contributed by atoms with Crippen molar-refractivity contribution < 1.29 is 13.9 Å². The van der Waals surface area contributed by atoms with Gasteiger partial charge in [-0.3, -0.25) is 4.79 Å². The van der Waals surface area contributed by atoms with E-state index in [1.807, 2.05) is 30.3 Å². The predicted octanol–water partition coefficient (Wildman–Crippen LogP) is 3.93. The average molecular weight is 334 g/mol. The van der Waals surface area contributed by atoms with E-state index in [1.54, 1.807) is 25.1 Å². The molecular weight excluding hydrogens is 316 g/mol. The Balaban J connectivity index is 1.63. The number of ketones is 1. The largest absolute Gasteiger partial charge is 0.482 e. The molecule has 126 valence electrons. The zero-order valence-electron chi connectivity index (χ0n) is 14.0. The second kappa shape index (κ2) is 6.20. The Bertz CT molecular complexity index is 1000. The molecule has 4 nitrogen and oxygen atoms in total. The standard InChI is InChI=1S/C21H18O4/c1-13(20(22)14-6-3-2-4-7-14)24-15-10-11-17-16-8-5-9-18(16)21(23)25-19(17)12-15/h2-4,6-7,10-13H,5,8-9H2,1H3. The quantitative estimate of drug-likeness (QED) is 0.536. The molecule has 0 bridgehead atoms. The minimum atomic E-state index is -0.624. The zero-order valence-corrected chi connectivity index (χ0v) is 14.0. The fraction of sp³-hybridized carbons (Fsp3) is 0.238. The average Bonchev–Trinajstić information content (AvgIpc) is 3.12. The summed E-state index contributed by atoms with van der Waals surface area (Å²) < 4.78 is 11.2. The van der Waals surface area contributed by atoms with E-state index in [4.69, 9.17) is 9.15 Å². The van der Waals surface area contributed by atoms with Gasteiger partial charge in [0, 0.05) is 22.6 Å². The topological polar surface area (TPSA) is 56.5 Å². The maximum atomic E-state index is 12.4. The van der Waals surface area contributed by atoms with Gasteiger partial charge >= 0.3 is 5.63 Å². The van der Waals surface area contributed by atoms with Crippen molar-refractivity contribution in [1.29, 1.82) is 0 Å². The van der Waals surface area contributed by atoms with Crippen LogP contribution in [0.4, 0.5) is 0 Å². The normalized spacial score (nSPS) is 14.3. The Morgan fingerprint density at radius 2 is 1.84 bits per heavy atom. The summed E-state index contributed by atoms with van der Waals surface area (Å²) >= 11 is 0. The lowest BCUT2D eigenvalue weighted by molar-refractivity contribution is 0.0818. The van der Waals surface area contributed by atoms with Crippen LogP contribution in [-0.2, 0) is 12.8 Å². The van der Waals surface area contributed by atoms with Crippen molar-refractivity contribution in [2.24, 2.45) is 0 Å². The Morgan fingerprint density at radius 3 is 2.64 bits per heavy atom. The second-order valence-electron chi connectivity index (χ2n) is 6.35. The third kappa shape index (κ3) is 2.84. The Morgan fingerprint density at radius 1 is 1.08 bits per heavy atom. The molecule has 0 fully saturated rings. The Labute approximate surface area is 145 Å². The van der Waals surface area contributed by atoms with E-state index in [1.165, 1.54) is 0 Å². The van der Waals surface area contributed by atoms with Crippen molar-refractivity contribution >= 4 is 16.8 Å². The van der Waals surface area contributed by atoms with Crippen LogP contribution in [-0.4, -0.2) is 11.9 Å². The molecule has 0 saturated carbocycles. The number of Topliss-reactive ketones (excluding diaryl/α,β-unsaturated/α-hetero) is 1. The molecule has 0 radical (unpaired) electrons. The lowest BCUT2D eigenvalue weighted by Gasteiger charge is -2.14. The highest BCUT2D eigenvalue weighted by Gasteiger charge is 2.21. The predicted molar refractivity (Wildman–Crippen MR) is 95.4 cm³/mol. The van der Waals surface area contributed by atoms with Gasteiger partial charge in [0.1, 0.15) is 11.3 Å². The summed E-state index contributed by atoms with van der Waals surface area (Å²) in [6, 6.07) is 14.5. The van der Waals surface area contributed by atoms with Crippen molar-refractivity contribution in [3.05, 3.63) is 75.6 Å². The van der Waals surface area contributed by atoms with E-state index in [2.05, 4.69) is 0 Å². The SMILES string of the molecule is CC(Oc1ccc2c3c(c(=O)oc2c1)CCC3)C(=O)c1ccccc1. The molecular formula is C21H18O4. The number of ether oxygens (including phenoxy) is 1. The summed E-state index contributed by atoms with van der Waals surface area (Å²) in [4.78, 5) is 24.5. The van der Waals surface area contributed by atoms with Gasteiger partial charge in [-0.2, -0.15) is 0 Å². The van der Waals surface area contributed by atoms with Crippen LogP contribution < -0.4 is 10.4 Å². The molecule has 0 aliphatic heterocycles. The highest BCUT2D eigenvalue weighted by molar-refractivity contribution is 5.99. The third-order valence-corrected chi connectivity index (χ3v) is 4.69. The molecule has 4 rings (SSSR count). The van der Waals surface area contributed by atoms with Crippen LogP contribution in [0.5, 0.6) is 5.75 Å². The van der Waals surface area contributed by atoms with Crippen molar-refractivity contribution in [3.8, 4) is 5.75 Å². The van der Waals surface area contributed by atoms with Gasteiger partial charge < -0.3 is 9.15 Å². The van der Waals surface area contributed by atoms with Gasteiger partial charge in [-0.1, -0.05) is 30.3 Å². The third-order valence-electron chi connectivity index (χ3n) is 4.69. The molecule has 2 aromatic carbocycles. The fourth-order valence-electron chi connectivity index (χ4n) is 3.43. The van der Waals surface area contributed by atoms with Crippen molar-refractivity contribution in [2.75, 3.05) is 0 Å². The minimum Gasteiger partial charge on any atom is -0.482 e. The molecule has 25 heavy (non-hydrogen) atoms. The molecule has 0 saturated heterocycles. The van der Waals surface area contributed by atoms with Gasteiger partial charge in [-0.25, -0.2) is 4.79 Å². The number of hydrogen-bond donors (Lipinski definition) is 0. The maximum absolute atomic E-state index is 12.4. The summed E-state index contributed by atoms with van der Waals surface area (Å²) in [6.07, 6.45) is 2.05. The smallest absolute Gasteiger partial charge is 0.339 e. The molecule has 1 aliphatic carbocycles. The van der Waals surface area contributed by atoms with Crippen molar-refractivity contribution in [3.63, 3.8) is 0 Å². The fourth-order valence-corrected chi connectivity index (χ4v) is 3.43. The lowest BCUT2D eigenvalue weighted by Crippen LogP contribution is -2.23. The second-order valence-corrected chi connectivity index (χ2v) is 6.35. The molecule has 1 aliphatic rings. The number of fused-ring (bicyclic) bond motifs is 3. The summed E-state index contributed by atoms with van der Waals surface area (Å²) in [5.41, 5.74) is 2.76. The van der Waals surface area contributed by atoms with Gasteiger partial charge in [-0.15, -0.1) is 0 Å². The first-order chi connectivity index (χ1) is 12.1. The van der Waals surface area contributed by atoms with Crippen molar-refractivity contribution in [1.82, 2.24) is 0 Å². The van der Waals surface area contributed by atoms with Crippen LogP contribution in [0, 0.1) is 0 Å². The van der Waals surface area contributed by atoms with E-state index in [-0.39, 0.29) is 11.4 Å². The van der Waals surface area contributed by atoms with Crippen LogP contribution >= 0.6 is 0 Å². The van der Waals surface area contributed by atoms with Gasteiger partial charge in [0.25, 0.3) is 0 Å². The van der Waals surface area contributed by atoms with Crippen LogP contribution in [0.15, 0.2) is 57.7 Å². The molecule has 4 heteroatoms. The summed E-state index contributed by atoms with van der Waals surface area (Å²) in [6.45, 7) is 1.72. The zero-order chi connectivity index (χ0) is 17.4. The number of carbonyl (C=O) groups excluding carboxylic acids is 1. The molecule has 1 aromatic heterocycles. The van der Waals surface area contributed by atoms with E-state index in [0.29, 0.717) is 16.9 Å². The van der Waals surface area contributed by atoms with E-state index >= 15 is 0 Å². The van der Waals surface area contributed by atoms with E-state index in [0.717, 1.165) is 35.8 Å². The minimum absolute atomic E-state index is 0.0869. The number of carbonyl (C=O) groups is 1. The lowest BCUT2D eigenvalue weighted by atomic mass is 10.1. The maximum Gasteiger partial charge on any atom is 0.339 e. The van der Waals surface area contributed by atoms with Crippen molar-refractivity contribution in [2.45, 2.75) is 32.3 Å². The highest BCUT2D eigenvalue weighted by atomic mass is 16.5. The Kier molecular flexibility index (Phi) is 3.88. The molecule has 0 amide bonds. The number of benzene rings is 2. The monoisotopic (exact) mass is 334 g/mol. The summed E-state index contributed by atoms with van der Waals surface area (Å²) in [5.74, 6) is 0.432. The first-order valence-corrected chi connectivity index (χ1v) is 8.48. The number of aryl methyl sites for hydroxylation is 1. The van der Waals surface area contributed by atoms with E-state index in [9.17, 15) is 9.59 Å². The molecule has 0 spiro atoms. The van der Waals surface area contributed by atoms with Gasteiger partial charge in [0.2, 0.25) is 5.78 Å². The summed E-state index contributed by atoms with van der Waals surface area (Å²) in [7, 11) is 0. The Hall–Kier alpha value is -2.88. The first kappa shape index (κ1) is 15.6. The van der Waals surface area contributed by atoms with Crippen LogP contribution in [0.1, 0.15) is 34.8 Å². The van der Waals surface area contributed by atoms with Gasteiger partial charge in [-0.05, 0) is 43.9 Å². The summed E-state index contributed by atoms with van der Waals surface area (Å²) in [5, 5.41) is 0.960. The molecule has 1 atom stereocenters. The van der Waals surface area contributed by atoms with Crippen LogP contribution in [0.3, 0.4) is 0 Å².